The van der Waals surface area contributed by atoms with Crippen LogP contribution in [-0.4, -0.2) is 51.4 Å². The Kier molecular flexibility index (Phi) is 4.60. The van der Waals surface area contributed by atoms with Crippen molar-refractivity contribution in [1.29, 1.82) is 0 Å². The van der Waals surface area contributed by atoms with Crippen LogP contribution in [0.2, 0.25) is 0 Å². The smallest absolute Gasteiger partial charge is 0.229 e. The highest BCUT2D eigenvalue weighted by Gasteiger charge is 2.42. The molecule has 0 unspecified atom stereocenters. The Labute approximate surface area is 161 Å². The molecule has 1 saturated carbocycles. The van der Waals surface area contributed by atoms with E-state index in [1.807, 2.05) is 23.7 Å². The molecule has 1 aliphatic rings. The third-order valence-corrected chi connectivity index (χ3v) is 5.09. The molecule has 28 heavy (non-hydrogen) atoms. The van der Waals surface area contributed by atoms with Crippen molar-refractivity contribution >= 4 is 22.6 Å². The molecule has 2 N–H and O–H groups in total. The van der Waals surface area contributed by atoms with Gasteiger partial charge in [-0.15, -0.1) is 0 Å². The van der Waals surface area contributed by atoms with E-state index in [4.69, 9.17) is 14.6 Å². The number of aliphatic hydroxyl groups excluding tert-OH is 1. The normalized spacial score (nSPS) is 18.1. The lowest BCUT2D eigenvalue weighted by Crippen LogP contribution is -2.16. The number of ether oxygens (including phenoxy) is 2. The second-order valence-corrected chi connectivity index (χ2v) is 6.76. The molecule has 3 heterocycles. The van der Waals surface area contributed by atoms with E-state index < -0.39 is 0 Å². The van der Waals surface area contributed by atoms with Crippen LogP contribution in [0.4, 0.5) is 5.82 Å². The first-order chi connectivity index (χ1) is 13.6. The Morgan fingerprint density at radius 2 is 1.96 bits per heavy atom. The average Bonchev–Trinajstić information content (AvgIpc) is 3.45. The molecule has 1 amide bonds. The number of carbonyl (C=O) groups is 1. The van der Waals surface area contributed by atoms with E-state index in [0.717, 1.165) is 16.6 Å². The number of aromatic nitrogens is 4. The summed E-state index contributed by atoms with van der Waals surface area (Å²) in [5.74, 6) is 1.10. The second kappa shape index (κ2) is 7.08. The zero-order valence-corrected chi connectivity index (χ0v) is 15.8. The molecule has 1 fully saturated rings. The summed E-state index contributed by atoms with van der Waals surface area (Å²) in [6.45, 7) is 0.0371. The van der Waals surface area contributed by atoms with Gasteiger partial charge in [0.15, 0.2) is 0 Å². The summed E-state index contributed by atoms with van der Waals surface area (Å²) in [5.41, 5.74) is 2.32. The molecule has 9 nitrogen and oxygen atoms in total. The summed E-state index contributed by atoms with van der Waals surface area (Å²) in [7, 11) is 4.99. The van der Waals surface area contributed by atoms with Crippen LogP contribution in [-0.2, 0) is 11.8 Å². The fourth-order valence-electron chi connectivity index (χ4n) is 3.41. The van der Waals surface area contributed by atoms with E-state index >= 15 is 0 Å². The molecule has 0 aliphatic heterocycles. The molecule has 146 valence electrons. The van der Waals surface area contributed by atoms with E-state index in [1.54, 1.807) is 20.4 Å². The minimum absolute atomic E-state index is 0.0371. The molecule has 0 spiro atoms. The first-order valence-electron chi connectivity index (χ1n) is 8.88. The SMILES string of the molecule is COc1ncnc(OC)c1-c1cc2cc(NC(=O)[C@@H]3C[C@H]3CO)ncc2n1C. The van der Waals surface area contributed by atoms with Crippen molar-refractivity contribution < 1.29 is 19.4 Å². The molecule has 9 heteroatoms. The fraction of sp³-hybridized carbons (Fsp3) is 0.368. The maximum atomic E-state index is 12.2. The van der Waals surface area contributed by atoms with Crippen LogP contribution < -0.4 is 14.8 Å². The standard InChI is InChI=1S/C19H21N5O4/c1-24-13(16-18(27-2)21-9-22-19(16)28-3)5-10-6-15(20-7-14(10)24)23-17(26)12-4-11(12)8-25/h5-7,9,11-12,25H,4,8H2,1-3H3,(H,20,23,26)/t11-,12+/m0/s1. The lowest BCUT2D eigenvalue weighted by molar-refractivity contribution is -0.117. The molecule has 1 aliphatic carbocycles. The minimum Gasteiger partial charge on any atom is -0.480 e. The predicted molar refractivity (Wildman–Crippen MR) is 102 cm³/mol. The Hall–Kier alpha value is -3.20. The monoisotopic (exact) mass is 383 g/mol. The van der Waals surface area contributed by atoms with Crippen LogP contribution in [0.25, 0.3) is 22.2 Å². The van der Waals surface area contributed by atoms with Gasteiger partial charge in [-0.1, -0.05) is 0 Å². The highest BCUT2D eigenvalue weighted by atomic mass is 16.5. The van der Waals surface area contributed by atoms with Crippen molar-refractivity contribution in [2.24, 2.45) is 18.9 Å². The lowest BCUT2D eigenvalue weighted by Gasteiger charge is -2.11. The van der Waals surface area contributed by atoms with Gasteiger partial charge < -0.3 is 24.5 Å². The highest BCUT2D eigenvalue weighted by molar-refractivity contribution is 5.96. The molecule has 0 radical (unpaired) electrons. The van der Waals surface area contributed by atoms with Gasteiger partial charge in [0.2, 0.25) is 17.7 Å². The average molecular weight is 383 g/mol. The van der Waals surface area contributed by atoms with Gasteiger partial charge >= 0.3 is 0 Å². The van der Waals surface area contributed by atoms with Gasteiger partial charge in [0.05, 0.1) is 31.6 Å². The van der Waals surface area contributed by atoms with Gasteiger partial charge in [-0.3, -0.25) is 4.79 Å². The van der Waals surface area contributed by atoms with E-state index in [9.17, 15) is 4.79 Å². The number of nitrogens with one attached hydrogen (secondary N) is 1. The number of rotatable bonds is 6. The maximum absolute atomic E-state index is 12.2. The van der Waals surface area contributed by atoms with Crippen molar-refractivity contribution in [3.63, 3.8) is 0 Å². The van der Waals surface area contributed by atoms with Crippen LogP contribution in [0.15, 0.2) is 24.7 Å². The number of pyridine rings is 1. The molecular formula is C19H21N5O4. The molecule has 3 aromatic rings. The maximum Gasteiger partial charge on any atom is 0.229 e. The summed E-state index contributed by atoms with van der Waals surface area (Å²) in [4.78, 5) is 24.9. The highest BCUT2D eigenvalue weighted by Crippen LogP contribution is 2.39. The Morgan fingerprint density at radius 1 is 1.25 bits per heavy atom. The summed E-state index contributed by atoms with van der Waals surface area (Å²) in [6, 6.07) is 3.76. The molecule has 0 saturated heterocycles. The summed E-state index contributed by atoms with van der Waals surface area (Å²) >= 11 is 0. The van der Waals surface area contributed by atoms with E-state index in [1.165, 1.54) is 6.33 Å². The summed E-state index contributed by atoms with van der Waals surface area (Å²) in [6.07, 6.45) is 3.80. The van der Waals surface area contributed by atoms with Crippen molar-refractivity contribution in [3.05, 3.63) is 24.7 Å². The van der Waals surface area contributed by atoms with Gasteiger partial charge in [0.25, 0.3) is 0 Å². The number of carbonyl (C=O) groups excluding carboxylic acids is 1. The minimum atomic E-state index is -0.135. The van der Waals surface area contributed by atoms with Crippen LogP contribution in [0.1, 0.15) is 6.42 Å². The third kappa shape index (κ3) is 3.03. The van der Waals surface area contributed by atoms with Crippen LogP contribution in [0.5, 0.6) is 11.8 Å². The Bertz CT molecular complexity index is 1030. The first kappa shape index (κ1) is 18.2. The van der Waals surface area contributed by atoms with Crippen molar-refractivity contribution in [2.75, 3.05) is 26.1 Å². The summed E-state index contributed by atoms with van der Waals surface area (Å²) < 4.78 is 12.7. The largest absolute Gasteiger partial charge is 0.480 e. The number of hydrogen-bond donors (Lipinski definition) is 2. The molecule has 2 atom stereocenters. The lowest BCUT2D eigenvalue weighted by atomic mass is 10.2. The summed E-state index contributed by atoms with van der Waals surface area (Å²) in [5, 5.41) is 12.9. The Balaban J connectivity index is 1.71. The van der Waals surface area contributed by atoms with Crippen LogP contribution in [0, 0.1) is 11.8 Å². The molecule has 0 bridgehead atoms. The number of aliphatic hydroxyl groups is 1. The topological polar surface area (TPSA) is 111 Å². The van der Waals surface area contributed by atoms with Crippen LogP contribution in [0.3, 0.4) is 0 Å². The van der Waals surface area contributed by atoms with Gasteiger partial charge in [-0.2, -0.15) is 0 Å². The molecule has 0 aromatic carbocycles. The molecular weight excluding hydrogens is 362 g/mol. The number of anilines is 1. The third-order valence-electron chi connectivity index (χ3n) is 5.09. The first-order valence-corrected chi connectivity index (χ1v) is 8.88. The van der Waals surface area contributed by atoms with E-state index in [-0.39, 0.29) is 24.3 Å². The zero-order chi connectivity index (χ0) is 19.8. The number of hydrogen-bond acceptors (Lipinski definition) is 7. The van der Waals surface area contributed by atoms with Gasteiger partial charge in [-0.25, -0.2) is 15.0 Å². The van der Waals surface area contributed by atoms with E-state index in [2.05, 4.69) is 20.3 Å². The Morgan fingerprint density at radius 3 is 2.57 bits per heavy atom. The molecule has 3 aromatic heterocycles. The van der Waals surface area contributed by atoms with E-state index in [0.29, 0.717) is 29.6 Å². The van der Waals surface area contributed by atoms with Crippen molar-refractivity contribution in [2.45, 2.75) is 6.42 Å². The quantitative estimate of drug-likeness (QED) is 0.665. The van der Waals surface area contributed by atoms with Crippen molar-refractivity contribution in [3.8, 4) is 23.0 Å². The van der Waals surface area contributed by atoms with Gasteiger partial charge in [0, 0.05) is 25.0 Å². The van der Waals surface area contributed by atoms with Gasteiger partial charge in [-0.05, 0) is 24.5 Å². The second-order valence-electron chi connectivity index (χ2n) is 6.76. The fourth-order valence-corrected chi connectivity index (χ4v) is 3.41. The number of nitrogens with zero attached hydrogens (tertiary/aromatic N) is 4. The van der Waals surface area contributed by atoms with Crippen LogP contribution >= 0.6 is 0 Å². The zero-order valence-electron chi connectivity index (χ0n) is 15.8. The van der Waals surface area contributed by atoms with Gasteiger partial charge in [0.1, 0.15) is 17.7 Å². The number of amides is 1. The number of aryl methyl sites for hydroxylation is 1. The van der Waals surface area contributed by atoms with Crippen molar-refractivity contribution in [1.82, 2.24) is 19.5 Å². The predicted octanol–water partition coefficient (Wildman–Crippen LogP) is 1.61. The number of methoxy groups -OCH3 is 2. The molecule has 4 rings (SSSR count). The number of fused-ring (bicyclic) bond motifs is 1.